The second kappa shape index (κ2) is 8.34. The monoisotopic (exact) mass is 226 g/mol. The van der Waals surface area contributed by atoms with Gasteiger partial charge in [-0.15, -0.1) is 6.58 Å². The van der Waals surface area contributed by atoms with Crippen LogP contribution < -0.4 is 10.6 Å². The van der Waals surface area contributed by atoms with Crippen molar-refractivity contribution in [3.8, 4) is 0 Å². The van der Waals surface area contributed by atoms with Gasteiger partial charge in [-0.2, -0.15) is 0 Å². The molecule has 1 amide bonds. The molecule has 0 aromatic carbocycles. The molecule has 0 heterocycles. The van der Waals surface area contributed by atoms with E-state index in [0.29, 0.717) is 18.5 Å². The maximum atomic E-state index is 11.3. The highest BCUT2D eigenvalue weighted by molar-refractivity contribution is 5.77. The van der Waals surface area contributed by atoms with Crippen molar-refractivity contribution >= 4 is 5.91 Å². The van der Waals surface area contributed by atoms with Crippen molar-refractivity contribution < 1.29 is 4.79 Å². The molecule has 2 atom stereocenters. The predicted octanol–water partition coefficient (Wildman–Crippen LogP) is 1.95. The van der Waals surface area contributed by atoms with Gasteiger partial charge in [-0.3, -0.25) is 4.79 Å². The molecule has 0 aliphatic carbocycles. The largest absolute Gasteiger partial charge is 0.355 e. The first-order valence-electron chi connectivity index (χ1n) is 6.11. The quantitative estimate of drug-likeness (QED) is 0.490. The molecule has 2 N–H and O–H groups in total. The van der Waals surface area contributed by atoms with E-state index >= 15 is 0 Å². The Labute approximate surface area is 99.7 Å². The van der Waals surface area contributed by atoms with Gasteiger partial charge in [0.15, 0.2) is 0 Å². The third-order valence-electron chi connectivity index (χ3n) is 2.81. The minimum absolute atomic E-state index is 0.0668. The summed E-state index contributed by atoms with van der Waals surface area (Å²) in [5.41, 5.74) is 0. The Balaban J connectivity index is 3.58. The van der Waals surface area contributed by atoms with Gasteiger partial charge >= 0.3 is 0 Å². The summed E-state index contributed by atoms with van der Waals surface area (Å²) in [5, 5.41) is 6.29. The van der Waals surface area contributed by atoms with Gasteiger partial charge in [0.1, 0.15) is 0 Å². The van der Waals surface area contributed by atoms with Crippen LogP contribution in [0.25, 0.3) is 0 Å². The number of hydrogen-bond donors (Lipinski definition) is 2. The molecule has 0 aromatic rings. The molecule has 0 rings (SSSR count). The Hall–Kier alpha value is -0.830. The highest BCUT2D eigenvalue weighted by atomic mass is 16.1. The molecule has 3 nitrogen and oxygen atoms in total. The smallest absolute Gasteiger partial charge is 0.222 e. The normalized spacial score (nSPS) is 14.6. The second-order valence-electron chi connectivity index (χ2n) is 4.69. The van der Waals surface area contributed by atoms with Gasteiger partial charge in [0.25, 0.3) is 0 Å². The second-order valence-corrected chi connectivity index (χ2v) is 4.69. The summed E-state index contributed by atoms with van der Waals surface area (Å²) in [4.78, 5) is 11.3. The number of hydrogen-bond acceptors (Lipinski definition) is 2. The predicted molar refractivity (Wildman–Crippen MR) is 69.3 cm³/mol. The number of carbonyl (C=O) groups is 1. The lowest BCUT2D eigenvalue weighted by molar-refractivity contribution is -0.123. The Bertz CT molecular complexity index is 214. The van der Waals surface area contributed by atoms with Crippen LogP contribution in [0.3, 0.4) is 0 Å². The summed E-state index contributed by atoms with van der Waals surface area (Å²) in [5.74, 6) is 0.768. The molecule has 0 fully saturated rings. The van der Waals surface area contributed by atoms with E-state index in [4.69, 9.17) is 0 Å². The van der Waals surface area contributed by atoms with E-state index in [1.54, 1.807) is 0 Å². The summed E-state index contributed by atoms with van der Waals surface area (Å²) in [6.07, 6.45) is 2.97. The summed E-state index contributed by atoms with van der Waals surface area (Å²) in [6, 6.07) is 0.453. The first-order valence-corrected chi connectivity index (χ1v) is 6.11. The molecule has 16 heavy (non-hydrogen) atoms. The molecule has 3 heteroatoms. The van der Waals surface area contributed by atoms with Crippen LogP contribution in [-0.4, -0.2) is 25.0 Å². The SMILES string of the molecule is C=CCC(C)C(C)NCCNC(=O)C(C)C. The number of allylic oxidation sites excluding steroid dienone is 1. The highest BCUT2D eigenvalue weighted by Crippen LogP contribution is 2.07. The highest BCUT2D eigenvalue weighted by Gasteiger charge is 2.10. The fourth-order valence-electron chi connectivity index (χ4n) is 1.36. The number of amides is 1. The van der Waals surface area contributed by atoms with Gasteiger partial charge in [-0.1, -0.05) is 26.8 Å². The van der Waals surface area contributed by atoms with Gasteiger partial charge in [0.05, 0.1) is 0 Å². The molecular weight excluding hydrogens is 200 g/mol. The summed E-state index contributed by atoms with van der Waals surface area (Å²) >= 11 is 0. The van der Waals surface area contributed by atoms with Crippen LogP contribution in [0, 0.1) is 11.8 Å². The number of nitrogens with one attached hydrogen (secondary N) is 2. The van der Waals surface area contributed by atoms with Crippen LogP contribution in [-0.2, 0) is 4.79 Å². The molecule has 0 saturated carbocycles. The molecule has 94 valence electrons. The van der Waals surface area contributed by atoms with Crippen LogP contribution in [0.1, 0.15) is 34.1 Å². The van der Waals surface area contributed by atoms with E-state index in [1.165, 1.54) is 0 Å². The van der Waals surface area contributed by atoms with Crippen LogP contribution >= 0.6 is 0 Å². The molecule has 0 aliphatic heterocycles. The van der Waals surface area contributed by atoms with Gasteiger partial charge in [-0.25, -0.2) is 0 Å². The topological polar surface area (TPSA) is 41.1 Å². The van der Waals surface area contributed by atoms with E-state index in [1.807, 2.05) is 19.9 Å². The minimum Gasteiger partial charge on any atom is -0.355 e. The van der Waals surface area contributed by atoms with Gasteiger partial charge in [-0.05, 0) is 19.3 Å². The van der Waals surface area contributed by atoms with Crippen molar-refractivity contribution in [3.63, 3.8) is 0 Å². The zero-order valence-electron chi connectivity index (χ0n) is 11.0. The lowest BCUT2D eigenvalue weighted by Crippen LogP contribution is -2.39. The van der Waals surface area contributed by atoms with Crippen molar-refractivity contribution in [2.24, 2.45) is 11.8 Å². The molecule has 2 unspecified atom stereocenters. The number of rotatable bonds is 8. The summed E-state index contributed by atoms with van der Waals surface area (Å²) in [6.45, 7) is 13.4. The van der Waals surface area contributed by atoms with E-state index in [-0.39, 0.29) is 11.8 Å². The van der Waals surface area contributed by atoms with Crippen molar-refractivity contribution in [2.75, 3.05) is 13.1 Å². The zero-order valence-corrected chi connectivity index (χ0v) is 11.0. The summed E-state index contributed by atoms with van der Waals surface area (Å²) < 4.78 is 0. The standard InChI is InChI=1S/C13H26N2O/c1-6-7-11(4)12(5)14-8-9-15-13(16)10(2)3/h6,10-12,14H,1,7-9H2,2-5H3,(H,15,16). The first kappa shape index (κ1) is 15.2. The molecule has 0 aliphatic rings. The average molecular weight is 226 g/mol. The summed E-state index contributed by atoms with van der Waals surface area (Å²) in [7, 11) is 0. The van der Waals surface area contributed by atoms with Crippen LogP contribution in [0.2, 0.25) is 0 Å². The Morgan fingerprint density at radius 1 is 1.25 bits per heavy atom. The lowest BCUT2D eigenvalue weighted by atomic mass is 10.00. The lowest BCUT2D eigenvalue weighted by Gasteiger charge is -2.20. The Morgan fingerprint density at radius 3 is 2.38 bits per heavy atom. The third kappa shape index (κ3) is 6.62. The van der Waals surface area contributed by atoms with Gasteiger partial charge < -0.3 is 10.6 Å². The van der Waals surface area contributed by atoms with Gasteiger partial charge in [0, 0.05) is 25.0 Å². The molecule has 0 aromatic heterocycles. The van der Waals surface area contributed by atoms with Crippen molar-refractivity contribution in [3.05, 3.63) is 12.7 Å². The van der Waals surface area contributed by atoms with Crippen LogP contribution in [0.5, 0.6) is 0 Å². The van der Waals surface area contributed by atoms with Crippen molar-refractivity contribution in [1.82, 2.24) is 10.6 Å². The minimum atomic E-state index is 0.0668. The molecule has 0 saturated heterocycles. The fraction of sp³-hybridized carbons (Fsp3) is 0.769. The maximum absolute atomic E-state index is 11.3. The Morgan fingerprint density at radius 2 is 1.88 bits per heavy atom. The van der Waals surface area contributed by atoms with E-state index in [9.17, 15) is 4.79 Å². The van der Waals surface area contributed by atoms with Crippen molar-refractivity contribution in [2.45, 2.75) is 40.2 Å². The van der Waals surface area contributed by atoms with Crippen molar-refractivity contribution in [1.29, 1.82) is 0 Å². The van der Waals surface area contributed by atoms with Gasteiger partial charge in [0.2, 0.25) is 5.91 Å². The number of carbonyl (C=O) groups excluding carboxylic acids is 1. The molecular formula is C13H26N2O. The molecule has 0 radical (unpaired) electrons. The third-order valence-corrected chi connectivity index (χ3v) is 2.81. The maximum Gasteiger partial charge on any atom is 0.222 e. The Kier molecular flexibility index (Phi) is 7.90. The molecule has 0 spiro atoms. The first-order chi connectivity index (χ1) is 7.49. The van der Waals surface area contributed by atoms with E-state index < -0.39 is 0 Å². The fourth-order valence-corrected chi connectivity index (χ4v) is 1.36. The van der Waals surface area contributed by atoms with E-state index in [0.717, 1.165) is 13.0 Å². The van der Waals surface area contributed by atoms with Crippen LogP contribution in [0.15, 0.2) is 12.7 Å². The molecule has 0 bridgehead atoms. The van der Waals surface area contributed by atoms with E-state index in [2.05, 4.69) is 31.1 Å². The average Bonchev–Trinajstić information content (AvgIpc) is 2.23. The zero-order chi connectivity index (χ0) is 12.6. The van der Waals surface area contributed by atoms with Crippen LogP contribution in [0.4, 0.5) is 0 Å².